The highest BCUT2D eigenvalue weighted by Crippen LogP contribution is 2.24. The standard InChI is InChI=1S/C18H24FN3O3/c19-14-3-7-16(8-4-14)21-9-11-22(12-10-21)18(25)20-15-5-1-13(2-6-15)17(23)24/h3-4,7-8,13,15H,1-2,5-6,9-12H2,(H,20,25)(H,23,24). The molecule has 2 aliphatic rings. The van der Waals surface area contributed by atoms with E-state index in [-0.39, 0.29) is 23.8 Å². The minimum absolute atomic E-state index is 0.0678. The number of urea groups is 1. The van der Waals surface area contributed by atoms with Crippen molar-refractivity contribution in [1.82, 2.24) is 10.2 Å². The smallest absolute Gasteiger partial charge is 0.317 e. The Labute approximate surface area is 146 Å². The van der Waals surface area contributed by atoms with Gasteiger partial charge in [0, 0.05) is 37.9 Å². The zero-order valence-corrected chi connectivity index (χ0v) is 14.2. The Morgan fingerprint density at radius 3 is 2.16 bits per heavy atom. The summed E-state index contributed by atoms with van der Waals surface area (Å²) in [6.07, 6.45) is 2.69. The molecule has 1 heterocycles. The van der Waals surface area contributed by atoms with Crippen LogP contribution >= 0.6 is 0 Å². The van der Waals surface area contributed by atoms with E-state index in [1.807, 2.05) is 0 Å². The maximum absolute atomic E-state index is 13.0. The number of amides is 2. The summed E-state index contributed by atoms with van der Waals surface area (Å²) in [5, 5.41) is 12.1. The number of anilines is 1. The summed E-state index contributed by atoms with van der Waals surface area (Å²) >= 11 is 0. The molecule has 0 spiro atoms. The number of carbonyl (C=O) groups is 2. The van der Waals surface area contributed by atoms with E-state index in [1.54, 1.807) is 17.0 Å². The first-order chi connectivity index (χ1) is 12.0. The predicted molar refractivity (Wildman–Crippen MR) is 92.1 cm³/mol. The normalized spacial score (nSPS) is 24.0. The van der Waals surface area contributed by atoms with Crippen LogP contribution in [0.2, 0.25) is 0 Å². The van der Waals surface area contributed by atoms with Gasteiger partial charge < -0.3 is 20.2 Å². The number of nitrogens with one attached hydrogen (secondary N) is 1. The predicted octanol–water partition coefficient (Wildman–Crippen LogP) is 2.30. The maximum atomic E-state index is 13.0. The fourth-order valence-electron chi connectivity index (χ4n) is 3.57. The van der Waals surface area contributed by atoms with E-state index in [9.17, 15) is 14.0 Å². The topological polar surface area (TPSA) is 72.9 Å². The lowest BCUT2D eigenvalue weighted by molar-refractivity contribution is -0.142. The van der Waals surface area contributed by atoms with Gasteiger partial charge in [-0.3, -0.25) is 4.79 Å². The van der Waals surface area contributed by atoms with Gasteiger partial charge in [-0.25, -0.2) is 9.18 Å². The molecule has 136 valence electrons. The molecule has 0 bridgehead atoms. The lowest BCUT2D eigenvalue weighted by atomic mass is 9.86. The SMILES string of the molecule is O=C(O)C1CCC(NC(=O)N2CCN(c3ccc(F)cc3)CC2)CC1. The second-order valence-electron chi connectivity index (χ2n) is 6.79. The number of nitrogens with zero attached hydrogens (tertiary/aromatic N) is 2. The van der Waals surface area contributed by atoms with Gasteiger partial charge in [0.25, 0.3) is 0 Å². The lowest BCUT2D eigenvalue weighted by Gasteiger charge is -2.37. The van der Waals surface area contributed by atoms with Crippen LogP contribution in [0.25, 0.3) is 0 Å². The van der Waals surface area contributed by atoms with Crippen LogP contribution in [-0.4, -0.2) is 54.2 Å². The molecule has 1 saturated heterocycles. The highest BCUT2D eigenvalue weighted by molar-refractivity contribution is 5.75. The largest absolute Gasteiger partial charge is 0.481 e. The molecule has 1 aromatic carbocycles. The van der Waals surface area contributed by atoms with Gasteiger partial charge in [0.1, 0.15) is 5.82 Å². The number of carboxylic acids is 1. The zero-order chi connectivity index (χ0) is 17.8. The molecule has 7 heteroatoms. The molecule has 0 unspecified atom stereocenters. The lowest BCUT2D eigenvalue weighted by Crippen LogP contribution is -2.54. The van der Waals surface area contributed by atoms with Crippen LogP contribution in [0, 0.1) is 11.7 Å². The highest BCUT2D eigenvalue weighted by Gasteiger charge is 2.28. The van der Waals surface area contributed by atoms with Crippen LogP contribution in [0.4, 0.5) is 14.9 Å². The van der Waals surface area contributed by atoms with Gasteiger partial charge in [0.15, 0.2) is 0 Å². The van der Waals surface area contributed by atoms with E-state index in [1.165, 1.54) is 12.1 Å². The summed E-state index contributed by atoms with van der Waals surface area (Å²) in [5.74, 6) is -1.26. The Bertz CT molecular complexity index is 606. The van der Waals surface area contributed by atoms with Gasteiger partial charge in [0.2, 0.25) is 0 Å². The third-order valence-corrected chi connectivity index (χ3v) is 5.16. The van der Waals surface area contributed by atoms with Crippen LogP contribution in [0.15, 0.2) is 24.3 Å². The van der Waals surface area contributed by atoms with Gasteiger partial charge >= 0.3 is 12.0 Å². The Morgan fingerprint density at radius 2 is 1.60 bits per heavy atom. The number of piperazine rings is 1. The summed E-state index contributed by atoms with van der Waals surface area (Å²) in [7, 11) is 0. The Hall–Kier alpha value is -2.31. The summed E-state index contributed by atoms with van der Waals surface area (Å²) in [6, 6.07) is 6.40. The number of hydrogen-bond donors (Lipinski definition) is 2. The molecule has 25 heavy (non-hydrogen) atoms. The van der Waals surface area contributed by atoms with E-state index in [4.69, 9.17) is 5.11 Å². The van der Waals surface area contributed by atoms with E-state index in [0.717, 1.165) is 18.5 Å². The van der Waals surface area contributed by atoms with Gasteiger partial charge in [-0.15, -0.1) is 0 Å². The zero-order valence-electron chi connectivity index (χ0n) is 14.2. The number of carbonyl (C=O) groups excluding carboxylic acids is 1. The average Bonchev–Trinajstić information content (AvgIpc) is 2.63. The third-order valence-electron chi connectivity index (χ3n) is 5.16. The molecule has 3 rings (SSSR count). The van der Waals surface area contributed by atoms with Crippen molar-refractivity contribution in [3.05, 3.63) is 30.1 Å². The number of rotatable bonds is 3. The van der Waals surface area contributed by atoms with Crippen molar-refractivity contribution in [3.8, 4) is 0 Å². The fourth-order valence-corrected chi connectivity index (χ4v) is 3.57. The molecule has 1 aliphatic carbocycles. The number of benzene rings is 1. The van der Waals surface area contributed by atoms with E-state index >= 15 is 0 Å². The molecule has 0 radical (unpaired) electrons. The molecular weight excluding hydrogens is 325 g/mol. The molecule has 1 aliphatic heterocycles. The summed E-state index contributed by atoms with van der Waals surface area (Å²) in [6.45, 7) is 2.66. The maximum Gasteiger partial charge on any atom is 0.317 e. The monoisotopic (exact) mass is 349 g/mol. The molecule has 2 fully saturated rings. The minimum atomic E-state index is -0.735. The molecule has 0 aromatic heterocycles. The molecule has 0 atom stereocenters. The fraction of sp³-hybridized carbons (Fsp3) is 0.556. The van der Waals surface area contributed by atoms with Gasteiger partial charge in [-0.05, 0) is 49.9 Å². The van der Waals surface area contributed by atoms with Crippen LogP contribution in [0.5, 0.6) is 0 Å². The van der Waals surface area contributed by atoms with Crippen LogP contribution in [-0.2, 0) is 4.79 Å². The molecule has 2 amide bonds. The van der Waals surface area contributed by atoms with Crippen molar-refractivity contribution >= 4 is 17.7 Å². The summed E-state index contributed by atoms with van der Waals surface area (Å²) in [5.41, 5.74) is 0.966. The molecule has 2 N–H and O–H groups in total. The Balaban J connectivity index is 1.44. The van der Waals surface area contributed by atoms with Gasteiger partial charge in [-0.1, -0.05) is 0 Å². The summed E-state index contributed by atoms with van der Waals surface area (Å²) < 4.78 is 13.0. The Kier molecular flexibility index (Phi) is 5.40. The second kappa shape index (κ2) is 7.72. The van der Waals surface area contributed by atoms with Crippen LogP contribution in [0.1, 0.15) is 25.7 Å². The number of aliphatic carboxylic acids is 1. The molecular formula is C18H24FN3O3. The van der Waals surface area contributed by atoms with Crippen LogP contribution < -0.4 is 10.2 Å². The van der Waals surface area contributed by atoms with Crippen molar-refractivity contribution in [2.24, 2.45) is 5.92 Å². The first-order valence-electron chi connectivity index (χ1n) is 8.81. The van der Waals surface area contributed by atoms with Crippen molar-refractivity contribution < 1.29 is 19.1 Å². The molecule has 1 saturated carbocycles. The van der Waals surface area contributed by atoms with E-state index < -0.39 is 5.97 Å². The number of halogens is 1. The van der Waals surface area contributed by atoms with Crippen molar-refractivity contribution in [2.45, 2.75) is 31.7 Å². The molecule has 1 aromatic rings. The summed E-state index contributed by atoms with van der Waals surface area (Å²) in [4.78, 5) is 27.3. The minimum Gasteiger partial charge on any atom is -0.481 e. The number of carboxylic acid groups (broad SMARTS) is 1. The quantitative estimate of drug-likeness (QED) is 0.878. The first kappa shape index (κ1) is 17.5. The van der Waals surface area contributed by atoms with Gasteiger partial charge in [0.05, 0.1) is 5.92 Å². The van der Waals surface area contributed by atoms with E-state index in [2.05, 4.69) is 10.2 Å². The highest BCUT2D eigenvalue weighted by atomic mass is 19.1. The van der Waals surface area contributed by atoms with E-state index in [0.29, 0.717) is 39.0 Å². The first-order valence-corrected chi connectivity index (χ1v) is 8.81. The Morgan fingerprint density at radius 1 is 1.00 bits per heavy atom. The van der Waals surface area contributed by atoms with Crippen molar-refractivity contribution in [1.29, 1.82) is 0 Å². The van der Waals surface area contributed by atoms with Gasteiger partial charge in [-0.2, -0.15) is 0 Å². The number of hydrogen-bond acceptors (Lipinski definition) is 3. The second-order valence-corrected chi connectivity index (χ2v) is 6.79. The third kappa shape index (κ3) is 4.41. The van der Waals surface area contributed by atoms with Crippen molar-refractivity contribution in [2.75, 3.05) is 31.1 Å². The average molecular weight is 349 g/mol. The van der Waals surface area contributed by atoms with Crippen molar-refractivity contribution in [3.63, 3.8) is 0 Å². The molecule has 6 nitrogen and oxygen atoms in total. The van der Waals surface area contributed by atoms with Crippen LogP contribution in [0.3, 0.4) is 0 Å².